The molecule has 0 spiro atoms. The topological polar surface area (TPSA) is 42.2 Å². The lowest BCUT2D eigenvalue weighted by Crippen LogP contribution is -2.18. The van der Waals surface area contributed by atoms with Crippen LogP contribution in [0.4, 0.5) is 11.4 Å². The second kappa shape index (κ2) is 5.46. The van der Waals surface area contributed by atoms with Gasteiger partial charge in [0.05, 0.1) is 0 Å². The van der Waals surface area contributed by atoms with Gasteiger partial charge in [0.25, 0.3) is 0 Å². The van der Waals surface area contributed by atoms with Crippen molar-refractivity contribution in [3.8, 4) is 0 Å². The first-order valence-corrected chi connectivity index (χ1v) is 5.82. The molecule has 88 valence electrons. The Kier molecular flexibility index (Phi) is 3.73. The van der Waals surface area contributed by atoms with Crippen molar-refractivity contribution in [3.05, 3.63) is 54.4 Å². The maximum absolute atomic E-state index is 5.75. The van der Waals surface area contributed by atoms with Crippen molar-refractivity contribution in [2.75, 3.05) is 11.4 Å². The molecule has 2 aromatic rings. The summed E-state index contributed by atoms with van der Waals surface area (Å²) in [5.74, 6) is 0. The molecule has 0 saturated carbocycles. The van der Waals surface area contributed by atoms with Crippen molar-refractivity contribution in [2.45, 2.75) is 13.5 Å². The van der Waals surface area contributed by atoms with Gasteiger partial charge in [0.1, 0.15) is 0 Å². The number of rotatable bonds is 4. The summed E-state index contributed by atoms with van der Waals surface area (Å²) >= 11 is 0. The number of anilines is 2. The molecule has 2 N–H and O–H groups in total. The van der Waals surface area contributed by atoms with Crippen LogP contribution in [0.25, 0.3) is 0 Å². The molecule has 0 aliphatic carbocycles. The van der Waals surface area contributed by atoms with Crippen molar-refractivity contribution in [2.24, 2.45) is 5.73 Å². The highest BCUT2D eigenvalue weighted by atomic mass is 15.1. The minimum absolute atomic E-state index is 0.506. The van der Waals surface area contributed by atoms with E-state index in [0.29, 0.717) is 6.54 Å². The van der Waals surface area contributed by atoms with E-state index in [0.717, 1.165) is 17.8 Å². The van der Waals surface area contributed by atoms with E-state index in [4.69, 9.17) is 5.73 Å². The fourth-order valence-electron chi connectivity index (χ4n) is 1.94. The van der Waals surface area contributed by atoms with Crippen LogP contribution in [0.5, 0.6) is 0 Å². The lowest BCUT2D eigenvalue weighted by atomic mass is 10.2. The fourth-order valence-corrected chi connectivity index (χ4v) is 1.94. The first-order valence-electron chi connectivity index (χ1n) is 5.82. The summed E-state index contributed by atoms with van der Waals surface area (Å²) < 4.78 is 0. The van der Waals surface area contributed by atoms with Crippen LogP contribution in [0.2, 0.25) is 0 Å². The Morgan fingerprint density at radius 2 is 1.94 bits per heavy atom. The van der Waals surface area contributed by atoms with Gasteiger partial charge in [0, 0.05) is 42.4 Å². The van der Waals surface area contributed by atoms with Crippen LogP contribution in [0, 0.1) is 0 Å². The molecule has 0 atom stereocenters. The Morgan fingerprint density at radius 1 is 1.18 bits per heavy atom. The predicted molar refractivity (Wildman–Crippen MR) is 71.3 cm³/mol. The molecule has 0 bridgehead atoms. The Morgan fingerprint density at radius 3 is 2.59 bits per heavy atom. The first kappa shape index (κ1) is 11.6. The van der Waals surface area contributed by atoms with E-state index in [1.165, 1.54) is 5.69 Å². The van der Waals surface area contributed by atoms with Gasteiger partial charge in [-0.15, -0.1) is 0 Å². The van der Waals surface area contributed by atoms with Crippen LogP contribution in [-0.4, -0.2) is 11.5 Å². The quantitative estimate of drug-likeness (QED) is 0.873. The third-order valence-corrected chi connectivity index (χ3v) is 2.77. The summed E-state index contributed by atoms with van der Waals surface area (Å²) in [7, 11) is 0. The summed E-state index contributed by atoms with van der Waals surface area (Å²) in [6.07, 6.45) is 3.64. The summed E-state index contributed by atoms with van der Waals surface area (Å²) in [5, 5.41) is 0. The van der Waals surface area contributed by atoms with E-state index in [9.17, 15) is 0 Å². The molecule has 3 heteroatoms. The molecule has 0 aliphatic rings. The van der Waals surface area contributed by atoms with E-state index in [1.807, 2.05) is 30.5 Å². The smallest absolute Gasteiger partial charge is 0.0487 e. The molecule has 3 nitrogen and oxygen atoms in total. The van der Waals surface area contributed by atoms with Crippen molar-refractivity contribution in [1.82, 2.24) is 4.98 Å². The zero-order valence-corrected chi connectivity index (χ0v) is 10.0. The third kappa shape index (κ3) is 2.45. The van der Waals surface area contributed by atoms with Crippen molar-refractivity contribution in [3.63, 3.8) is 0 Å². The molecule has 1 aromatic carbocycles. The molecule has 17 heavy (non-hydrogen) atoms. The average molecular weight is 227 g/mol. The van der Waals surface area contributed by atoms with E-state index < -0.39 is 0 Å². The minimum atomic E-state index is 0.506. The molecule has 0 saturated heterocycles. The molecule has 1 heterocycles. The van der Waals surface area contributed by atoms with E-state index in [1.54, 1.807) is 6.20 Å². The molecule has 2 rings (SSSR count). The van der Waals surface area contributed by atoms with Crippen LogP contribution in [0.1, 0.15) is 12.5 Å². The second-order valence-corrected chi connectivity index (χ2v) is 3.79. The van der Waals surface area contributed by atoms with Gasteiger partial charge in [-0.1, -0.05) is 18.2 Å². The lowest BCUT2D eigenvalue weighted by molar-refractivity contribution is 0.972. The van der Waals surface area contributed by atoms with Crippen molar-refractivity contribution >= 4 is 11.4 Å². The second-order valence-electron chi connectivity index (χ2n) is 3.79. The van der Waals surface area contributed by atoms with Gasteiger partial charge < -0.3 is 10.6 Å². The monoisotopic (exact) mass is 227 g/mol. The van der Waals surface area contributed by atoms with Crippen molar-refractivity contribution < 1.29 is 0 Å². The van der Waals surface area contributed by atoms with Gasteiger partial charge >= 0.3 is 0 Å². The Bertz CT molecular complexity index is 468. The van der Waals surface area contributed by atoms with Crippen molar-refractivity contribution in [1.29, 1.82) is 0 Å². The summed E-state index contributed by atoms with van der Waals surface area (Å²) in [5.41, 5.74) is 9.13. The standard InChI is InChI=1S/C14H17N3/c1-2-17(13-6-4-3-5-7-13)14-8-9-16-11-12(14)10-15/h3-9,11H,2,10,15H2,1H3. The molecular formula is C14H17N3. The van der Waals surface area contributed by atoms with Crippen LogP contribution in [0.15, 0.2) is 48.8 Å². The molecular weight excluding hydrogens is 210 g/mol. The van der Waals surface area contributed by atoms with Gasteiger partial charge in [-0.25, -0.2) is 0 Å². The van der Waals surface area contributed by atoms with Crippen LogP contribution in [0.3, 0.4) is 0 Å². The van der Waals surface area contributed by atoms with Gasteiger partial charge in [0.2, 0.25) is 0 Å². The fraction of sp³-hybridized carbons (Fsp3) is 0.214. The summed E-state index contributed by atoms with van der Waals surface area (Å²) in [6.45, 7) is 3.54. The highest BCUT2D eigenvalue weighted by Crippen LogP contribution is 2.27. The normalized spacial score (nSPS) is 10.2. The van der Waals surface area contributed by atoms with E-state index in [-0.39, 0.29) is 0 Å². The number of hydrogen-bond donors (Lipinski definition) is 1. The summed E-state index contributed by atoms with van der Waals surface area (Å²) in [6, 6.07) is 12.3. The zero-order chi connectivity index (χ0) is 12.1. The van der Waals surface area contributed by atoms with Crippen LogP contribution in [-0.2, 0) is 6.54 Å². The molecule has 1 aromatic heterocycles. The molecule has 0 amide bonds. The third-order valence-electron chi connectivity index (χ3n) is 2.77. The SMILES string of the molecule is CCN(c1ccccc1)c1ccncc1CN. The lowest BCUT2D eigenvalue weighted by Gasteiger charge is -2.25. The maximum Gasteiger partial charge on any atom is 0.0487 e. The molecule has 0 radical (unpaired) electrons. The zero-order valence-electron chi connectivity index (χ0n) is 10.0. The number of benzene rings is 1. The van der Waals surface area contributed by atoms with Gasteiger partial charge in [0.15, 0.2) is 0 Å². The largest absolute Gasteiger partial charge is 0.341 e. The number of nitrogens with zero attached hydrogens (tertiary/aromatic N) is 2. The Balaban J connectivity index is 2.42. The first-order chi connectivity index (χ1) is 8.36. The number of para-hydroxylation sites is 1. The van der Waals surface area contributed by atoms with E-state index >= 15 is 0 Å². The number of hydrogen-bond acceptors (Lipinski definition) is 3. The highest BCUT2D eigenvalue weighted by molar-refractivity contribution is 5.65. The highest BCUT2D eigenvalue weighted by Gasteiger charge is 2.10. The molecule has 0 unspecified atom stereocenters. The van der Waals surface area contributed by atoms with Gasteiger partial charge in [-0.2, -0.15) is 0 Å². The number of pyridine rings is 1. The van der Waals surface area contributed by atoms with Gasteiger partial charge in [-0.05, 0) is 25.1 Å². The number of aromatic nitrogens is 1. The summed E-state index contributed by atoms with van der Waals surface area (Å²) in [4.78, 5) is 6.36. The number of nitrogens with two attached hydrogens (primary N) is 1. The Hall–Kier alpha value is -1.87. The van der Waals surface area contributed by atoms with Crippen LogP contribution < -0.4 is 10.6 Å². The molecule has 0 fully saturated rings. The maximum atomic E-state index is 5.75. The minimum Gasteiger partial charge on any atom is -0.341 e. The van der Waals surface area contributed by atoms with Gasteiger partial charge in [-0.3, -0.25) is 4.98 Å². The predicted octanol–water partition coefficient (Wildman–Crippen LogP) is 2.70. The van der Waals surface area contributed by atoms with Crippen LogP contribution >= 0.6 is 0 Å². The molecule has 0 aliphatic heterocycles. The Labute approximate surface area is 102 Å². The van der Waals surface area contributed by atoms with E-state index in [2.05, 4.69) is 28.9 Å². The average Bonchev–Trinajstić information content (AvgIpc) is 2.41.